The maximum atomic E-state index is 11.7. The van der Waals surface area contributed by atoms with Crippen LogP contribution in [-0.4, -0.2) is 29.4 Å². The average Bonchev–Trinajstić information content (AvgIpc) is 2.30. The molecule has 1 atom stereocenters. The molecule has 0 aliphatic rings. The average molecular weight is 239 g/mol. The van der Waals surface area contributed by atoms with Gasteiger partial charge in [0.15, 0.2) is 0 Å². The monoisotopic (exact) mass is 239 g/mol. The molecule has 1 rings (SSSR count). The van der Waals surface area contributed by atoms with Gasteiger partial charge in [0.05, 0.1) is 6.61 Å². The Balaban J connectivity index is 2.63. The van der Waals surface area contributed by atoms with Crippen LogP contribution in [0.2, 0.25) is 0 Å². The highest BCUT2D eigenvalue weighted by molar-refractivity contribution is 7.99. The number of benzene rings is 1. The third-order valence-electron chi connectivity index (χ3n) is 2.08. The topological polar surface area (TPSA) is 49.3 Å². The number of rotatable bonds is 5. The van der Waals surface area contributed by atoms with Crippen molar-refractivity contribution in [1.82, 2.24) is 5.32 Å². The van der Waals surface area contributed by atoms with Crippen molar-refractivity contribution < 1.29 is 9.90 Å². The zero-order chi connectivity index (χ0) is 12.0. The van der Waals surface area contributed by atoms with Crippen molar-refractivity contribution in [2.75, 3.05) is 12.4 Å². The SMILES string of the molecule is CCSc1ccc(C(=O)NC(C)CO)cc1. The summed E-state index contributed by atoms with van der Waals surface area (Å²) < 4.78 is 0. The first-order chi connectivity index (χ1) is 7.67. The zero-order valence-corrected chi connectivity index (χ0v) is 10.4. The van der Waals surface area contributed by atoms with Crippen molar-refractivity contribution in [3.63, 3.8) is 0 Å². The van der Waals surface area contributed by atoms with Gasteiger partial charge in [0.2, 0.25) is 0 Å². The molecule has 0 heterocycles. The van der Waals surface area contributed by atoms with Gasteiger partial charge in [0.1, 0.15) is 0 Å². The maximum absolute atomic E-state index is 11.7. The molecule has 1 aromatic carbocycles. The molecule has 0 aromatic heterocycles. The second-order valence-corrected chi connectivity index (χ2v) is 4.85. The largest absolute Gasteiger partial charge is 0.394 e. The van der Waals surface area contributed by atoms with Crippen LogP contribution in [0.5, 0.6) is 0 Å². The minimum absolute atomic E-state index is 0.0461. The van der Waals surface area contributed by atoms with Crippen LogP contribution in [0.15, 0.2) is 29.2 Å². The Kier molecular flexibility index (Phi) is 5.35. The molecule has 1 amide bonds. The Bertz CT molecular complexity index is 337. The molecule has 2 N–H and O–H groups in total. The minimum Gasteiger partial charge on any atom is -0.394 e. The van der Waals surface area contributed by atoms with Crippen LogP contribution in [0.4, 0.5) is 0 Å². The lowest BCUT2D eigenvalue weighted by atomic mass is 10.2. The molecule has 88 valence electrons. The van der Waals surface area contributed by atoms with Gasteiger partial charge in [-0.15, -0.1) is 11.8 Å². The Morgan fingerprint density at radius 3 is 2.56 bits per heavy atom. The molecule has 1 aromatic rings. The number of hydrogen-bond donors (Lipinski definition) is 2. The van der Waals surface area contributed by atoms with Crippen LogP contribution in [0.3, 0.4) is 0 Å². The molecule has 3 nitrogen and oxygen atoms in total. The van der Waals surface area contributed by atoms with Crippen molar-refractivity contribution in [1.29, 1.82) is 0 Å². The van der Waals surface area contributed by atoms with E-state index in [0.717, 1.165) is 10.6 Å². The number of nitrogens with one attached hydrogen (secondary N) is 1. The molecule has 0 saturated heterocycles. The molecule has 16 heavy (non-hydrogen) atoms. The lowest BCUT2D eigenvalue weighted by molar-refractivity contribution is 0.0922. The fraction of sp³-hybridized carbons (Fsp3) is 0.417. The lowest BCUT2D eigenvalue weighted by Crippen LogP contribution is -2.34. The van der Waals surface area contributed by atoms with E-state index in [-0.39, 0.29) is 18.6 Å². The van der Waals surface area contributed by atoms with E-state index >= 15 is 0 Å². The highest BCUT2D eigenvalue weighted by Crippen LogP contribution is 2.17. The van der Waals surface area contributed by atoms with Gasteiger partial charge in [-0.05, 0) is 36.9 Å². The summed E-state index contributed by atoms with van der Waals surface area (Å²) in [5, 5.41) is 11.5. The molecule has 0 saturated carbocycles. The Morgan fingerprint density at radius 1 is 1.44 bits per heavy atom. The number of aliphatic hydroxyl groups excluding tert-OH is 1. The molecule has 0 fully saturated rings. The summed E-state index contributed by atoms with van der Waals surface area (Å²) in [7, 11) is 0. The van der Waals surface area contributed by atoms with Gasteiger partial charge in [-0.2, -0.15) is 0 Å². The number of hydrogen-bond acceptors (Lipinski definition) is 3. The number of thioether (sulfide) groups is 1. The first-order valence-electron chi connectivity index (χ1n) is 5.32. The molecule has 1 unspecified atom stereocenters. The molecule has 0 aliphatic carbocycles. The van der Waals surface area contributed by atoms with E-state index in [1.807, 2.05) is 12.1 Å². The third-order valence-corrected chi connectivity index (χ3v) is 2.97. The van der Waals surface area contributed by atoms with Gasteiger partial charge < -0.3 is 10.4 Å². The van der Waals surface area contributed by atoms with Crippen molar-refractivity contribution in [3.8, 4) is 0 Å². The van der Waals surface area contributed by atoms with Crippen LogP contribution < -0.4 is 5.32 Å². The molecular weight excluding hydrogens is 222 g/mol. The van der Waals surface area contributed by atoms with Gasteiger partial charge in [0, 0.05) is 16.5 Å². The molecule has 0 radical (unpaired) electrons. The second-order valence-electron chi connectivity index (χ2n) is 3.51. The highest BCUT2D eigenvalue weighted by atomic mass is 32.2. The van der Waals surface area contributed by atoms with E-state index in [1.165, 1.54) is 0 Å². The van der Waals surface area contributed by atoms with E-state index in [1.54, 1.807) is 30.8 Å². The maximum Gasteiger partial charge on any atom is 0.251 e. The highest BCUT2D eigenvalue weighted by Gasteiger charge is 2.08. The third kappa shape index (κ3) is 3.87. The second kappa shape index (κ2) is 6.55. The first-order valence-corrected chi connectivity index (χ1v) is 6.30. The van der Waals surface area contributed by atoms with Crippen molar-refractivity contribution >= 4 is 17.7 Å². The smallest absolute Gasteiger partial charge is 0.251 e. The van der Waals surface area contributed by atoms with Crippen molar-refractivity contribution in [2.24, 2.45) is 0 Å². The van der Waals surface area contributed by atoms with Crippen LogP contribution in [0.1, 0.15) is 24.2 Å². The summed E-state index contributed by atoms with van der Waals surface area (Å²) in [6.07, 6.45) is 0. The molecular formula is C12H17NO2S. The van der Waals surface area contributed by atoms with E-state index < -0.39 is 0 Å². The van der Waals surface area contributed by atoms with E-state index in [0.29, 0.717) is 5.56 Å². The number of aliphatic hydroxyl groups is 1. The number of carbonyl (C=O) groups is 1. The quantitative estimate of drug-likeness (QED) is 0.772. The van der Waals surface area contributed by atoms with Gasteiger partial charge in [-0.1, -0.05) is 6.92 Å². The summed E-state index contributed by atoms with van der Waals surface area (Å²) in [6.45, 7) is 3.81. The van der Waals surface area contributed by atoms with Gasteiger partial charge >= 0.3 is 0 Å². The number of carbonyl (C=O) groups excluding carboxylic acids is 1. The summed E-state index contributed by atoms with van der Waals surface area (Å²) >= 11 is 1.74. The van der Waals surface area contributed by atoms with E-state index in [9.17, 15) is 4.79 Å². The normalized spacial score (nSPS) is 12.2. The predicted octanol–water partition coefficient (Wildman–Crippen LogP) is 1.91. The van der Waals surface area contributed by atoms with E-state index in [4.69, 9.17) is 5.11 Å². The summed E-state index contributed by atoms with van der Waals surface area (Å²) in [6, 6.07) is 7.27. The summed E-state index contributed by atoms with van der Waals surface area (Å²) in [5.74, 6) is 0.877. The minimum atomic E-state index is -0.211. The Morgan fingerprint density at radius 2 is 2.06 bits per heavy atom. The predicted molar refractivity (Wildman–Crippen MR) is 66.9 cm³/mol. The molecule has 0 bridgehead atoms. The van der Waals surface area contributed by atoms with E-state index in [2.05, 4.69) is 12.2 Å². The van der Waals surface area contributed by atoms with Crippen molar-refractivity contribution in [2.45, 2.75) is 24.8 Å². The van der Waals surface area contributed by atoms with Crippen molar-refractivity contribution in [3.05, 3.63) is 29.8 Å². The van der Waals surface area contributed by atoms with Crippen LogP contribution >= 0.6 is 11.8 Å². The summed E-state index contributed by atoms with van der Waals surface area (Å²) in [5.41, 5.74) is 0.626. The van der Waals surface area contributed by atoms with Gasteiger partial charge in [0.25, 0.3) is 5.91 Å². The summed E-state index contributed by atoms with van der Waals surface area (Å²) in [4.78, 5) is 12.8. The van der Waals surface area contributed by atoms with Crippen LogP contribution in [0.25, 0.3) is 0 Å². The molecule has 4 heteroatoms. The molecule has 0 spiro atoms. The Labute approximate surface area is 100 Å². The number of amides is 1. The van der Waals surface area contributed by atoms with Crippen LogP contribution in [0, 0.1) is 0 Å². The van der Waals surface area contributed by atoms with Gasteiger partial charge in [-0.3, -0.25) is 4.79 Å². The van der Waals surface area contributed by atoms with Crippen LogP contribution in [-0.2, 0) is 0 Å². The van der Waals surface area contributed by atoms with Gasteiger partial charge in [-0.25, -0.2) is 0 Å². The standard InChI is InChI=1S/C12H17NO2S/c1-3-16-11-6-4-10(5-7-11)12(15)13-9(2)8-14/h4-7,9,14H,3,8H2,1-2H3,(H,13,15). The lowest BCUT2D eigenvalue weighted by Gasteiger charge is -2.10. The Hall–Kier alpha value is -1.00. The fourth-order valence-corrected chi connectivity index (χ4v) is 1.88. The molecule has 0 aliphatic heterocycles. The zero-order valence-electron chi connectivity index (χ0n) is 9.56. The fourth-order valence-electron chi connectivity index (χ4n) is 1.22. The first kappa shape index (κ1) is 13.1.